The minimum absolute atomic E-state index is 0.169. The first-order chi connectivity index (χ1) is 12.6. The number of nitrogens with zero attached hydrogens (tertiary/aromatic N) is 1. The Morgan fingerprint density at radius 3 is 2.35 bits per heavy atom. The minimum Gasteiger partial charge on any atom is -0.387 e. The highest BCUT2D eigenvalue weighted by molar-refractivity contribution is 5.25. The Hall–Kier alpha value is -1.64. The molecular formula is C24H33NO. The summed E-state index contributed by atoms with van der Waals surface area (Å²) in [6.45, 7) is 8.64. The number of rotatable bonds is 6. The Morgan fingerprint density at radius 1 is 1.04 bits per heavy atom. The van der Waals surface area contributed by atoms with E-state index in [1.165, 1.54) is 36.0 Å². The van der Waals surface area contributed by atoms with Gasteiger partial charge in [0.15, 0.2) is 0 Å². The molecular weight excluding hydrogens is 318 g/mol. The zero-order valence-corrected chi connectivity index (χ0v) is 16.5. The summed E-state index contributed by atoms with van der Waals surface area (Å²) in [7, 11) is 0. The van der Waals surface area contributed by atoms with Crippen LogP contribution in [-0.2, 0) is 12.8 Å². The van der Waals surface area contributed by atoms with Crippen molar-refractivity contribution in [1.82, 2.24) is 4.90 Å². The van der Waals surface area contributed by atoms with E-state index in [0.29, 0.717) is 0 Å². The van der Waals surface area contributed by atoms with Crippen LogP contribution in [0.2, 0.25) is 0 Å². The lowest BCUT2D eigenvalue weighted by Gasteiger charge is -2.38. The molecule has 2 unspecified atom stereocenters. The van der Waals surface area contributed by atoms with Crippen LogP contribution in [0.25, 0.3) is 0 Å². The van der Waals surface area contributed by atoms with Crippen LogP contribution in [0.15, 0.2) is 48.5 Å². The molecule has 0 radical (unpaired) electrons. The molecule has 1 fully saturated rings. The molecule has 0 aromatic heterocycles. The largest absolute Gasteiger partial charge is 0.387 e. The van der Waals surface area contributed by atoms with E-state index in [4.69, 9.17) is 0 Å². The van der Waals surface area contributed by atoms with Gasteiger partial charge in [-0.1, -0.05) is 61.0 Å². The van der Waals surface area contributed by atoms with Crippen molar-refractivity contribution < 1.29 is 5.11 Å². The van der Waals surface area contributed by atoms with Gasteiger partial charge in [0.2, 0.25) is 0 Å². The highest BCUT2D eigenvalue weighted by Crippen LogP contribution is 2.27. The van der Waals surface area contributed by atoms with E-state index in [0.717, 1.165) is 31.0 Å². The average Bonchev–Trinajstić information content (AvgIpc) is 2.68. The van der Waals surface area contributed by atoms with E-state index in [-0.39, 0.29) is 6.04 Å². The van der Waals surface area contributed by atoms with Crippen molar-refractivity contribution in [2.45, 2.75) is 58.6 Å². The third-order valence-electron chi connectivity index (χ3n) is 6.02. The highest BCUT2D eigenvalue weighted by atomic mass is 16.3. The van der Waals surface area contributed by atoms with Crippen LogP contribution in [0, 0.1) is 12.8 Å². The summed E-state index contributed by atoms with van der Waals surface area (Å²) in [6, 6.07) is 17.5. The maximum absolute atomic E-state index is 10.7. The second kappa shape index (κ2) is 8.83. The molecule has 2 nitrogen and oxygen atoms in total. The van der Waals surface area contributed by atoms with Crippen molar-refractivity contribution in [2.75, 3.05) is 13.1 Å². The summed E-state index contributed by atoms with van der Waals surface area (Å²) < 4.78 is 0. The van der Waals surface area contributed by atoms with Crippen LogP contribution >= 0.6 is 0 Å². The number of aryl methyl sites for hydroxylation is 2. The zero-order valence-electron chi connectivity index (χ0n) is 16.5. The Morgan fingerprint density at radius 2 is 1.69 bits per heavy atom. The minimum atomic E-state index is -0.409. The molecule has 2 aromatic carbocycles. The average molecular weight is 352 g/mol. The fraction of sp³-hybridized carbons (Fsp3) is 0.500. The van der Waals surface area contributed by atoms with Crippen LogP contribution in [-0.4, -0.2) is 29.1 Å². The van der Waals surface area contributed by atoms with Gasteiger partial charge in [0, 0.05) is 6.04 Å². The summed E-state index contributed by atoms with van der Waals surface area (Å²) in [4.78, 5) is 2.46. The summed E-state index contributed by atoms with van der Waals surface area (Å²) in [5.74, 6) is 0.766. The number of aliphatic hydroxyl groups is 1. The molecule has 0 bridgehead atoms. The maximum atomic E-state index is 10.7. The van der Waals surface area contributed by atoms with Gasteiger partial charge in [-0.15, -0.1) is 0 Å². The molecule has 3 rings (SSSR count). The molecule has 0 aliphatic carbocycles. The topological polar surface area (TPSA) is 23.5 Å². The molecule has 1 N–H and O–H groups in total. The highest BCUT2D eigenvalue weighted by Gasteiger charge is 2.27. The van der Waals surface area contributed by atoms with Gasteiger partial charge in [-0.2, -0.15) is 0 Å². The quantitative estimate of drug-likeness (QED) is 0.797. The van der Waals surface area contributed by atoms with E-state index in [2.05, 4.69) is 74.2 Å². The smallest absolute Gasteiger partial charge is 0.0942 e. The van der Waals surface area contributed by atoms with E-state index in [1.807, 2.05) is 0 Å². The SMILES string of the molecule is CCc1cccc(CC2CCN(C(C)C(O)c3ccc(C)cc3)CC2)c1. The van der Waals surface area contributed by atoms with Gasteiger partial charge in [-0.3, -0.25) is 4.90 Å². The van der Waals surface area contributed by atoms with Gasteiger partial charge in [-0.05, 0) is 75.2 Å². The molecule has 0 saturated carbocycles. The van der Waals surface area contributed by atoms with Crippen molar-refractivity contribution in [3.8, 4) is 0 Å². The third kappa shape index (κ3) is 4.75. The van der Waals surface area contributed by atoms with Crippen molar-refractivity contribution in [2.24, 2.45) is 5.92 Å². The third-order valence-corrected chi connectivity index (χ3v) is 6.02. The van der Waals surface area contributed by atoms with Crippen LogP contribution in [0.3, 0.4) is 0 Å². The number of aliphatic hydroxyl groups excluding tert-OH is 1. The van der Waals surface area contributed by atoms with Gasteiger partial charge >= 0.3 is 0 Å². The second-order valence-electron chi connectivity index (χ2n) is 7.95. The first kappa shape index (κ1) is 19.1. The van der Waals surface area contributed by atoms with Gasteiger partial charge in [0.1, 0.15) is 0 Å². The first-order valence-electron chi connectivity index (χ1n) is 10.1. The van der Waals surface area contributed by atoms with Crippen LogP contribution in [0.5, 0.6) is 0 Å². The molecule has 26 heavy (non-hydrogen) atoms. The number of hydrogen-bond acceptors (Lipinski definition) is 2. The summed E-state index contributed by atoms with van der Waals surface area (Å²) in [5.41, 5.74) is 5.19. The predicted octanol–water partition coefficient (Wildman–Crippen LogP) is 4.93. The number of piperidine rings is 1. The monoisotopic (exact) mass is 351 g/mol. The van der Waals surface area contributed by atoms with Crippen molar-refractivity contribution >= 4 is 0 Å². The summed E-state index contributed by atoms with van der Waals surface area (Å²) in [5, 5.41) is 10.7. The molecule has 2 atom stereocenters. The van der Waals surface area contributed by atoms with Gasteiger partial charge in [0.25, 0.3) is 0 Å². The van der Waals surface area contributed by atoms with Crippen molar-refractivity contribution in [1.29, 1.82) is 0 Å². The van der Waals surface area contributed by atoms with Crippen LogP contribution < -0.4 is 0 Å². The Balaban J connectivity index is 1.53. The molecule has 1 aliphatic heterocycles. The van der Waals surface area contributed by atoms with Crippen LogP contribution in [0.4, 0.5) is 0 Å². The van der Waals surface area contributed by atoms with Gasteiger partial charge < -0.3 is 5.11 Å². The summed E-state index contributed by atoms with van der Waals surface area (Å²) in [6.07, 6.45) is 4.34. The van der Waals surface area contributed by atoms with E-state index < -0.39 is 6.10 Å². The van der Waals surface area contributed by atoms with Gasteiger partial charge in [-0.25, -0.2) is 0 Å². The fourth-order valence-corrected chi connectivity index (χ4v) is 4.12. The molecule has 1 heterocycles. The molecule has 0 amide bonds. The van der Waals surface area contributed by atoms with Crippen molar-refractivity contribution in [3.05, 3.63) is 70.8 Å². The first-order valence-corrected chi connectivity index (χ1v) is 10.1. The standard InChI is InChI=1S/C24H33NO/c1-4-20-6-5-7-22(16-20)17-21-12-14-25(15-13-21)19(3)24(26)23-10-8-18(2)9-11-23/h5-11,16,19,21,24,26H,4,12-15,17H2,1-3H3. The molecule has 0 spiro atoms. The lowest BCUT2D eigenvalue weighted by Crippen LogP contribution is -2.43. The zero-order chi connectivity index (χ0) is 18.5. The lowest BCUT2D eigenvalue weighted by atomic mass is 9.88. The number of hydrogen-bond donors (Lipinski definition) is 1. The van der Waals surface area contributed by atoms with Crippen molar-refractivity contribution in [3.63, 3.8) is 0 Å². The lowest BCUT2D eigenvalue weighted by molar-refractivity contribution is 0.0373. The summed E-state index contributed by atoms with van der Waals surface area (Å²) >= 11 is 0. The molecule has 2 heteroatoms. The second-order valence-corrected chi connectivity index (χ2v) is 7.95. The number of benzene rings is 2. The number of likely N-dealkylation sites (tertiary alicyclic amines) is 1. The Bertz CT molecular complexity index is 686. The Kier molecular flexibility index (Phi) is 6.50. The van der Waals surface area contributed by atoms with E-state index in [9.17, 15) is 5.11 Å². The van der Waals surface area contributed by atoms with Crippen LogP contribution in [0.1, 0.15) is 55.0 Å². The normalized spacial score (nSPS) is 18.6. The molecule has 1 saturated heterocycles. The maximum Gasteiger partial charge on any atom is 0.0942 e. The predicted molar refractivity (Wildman–Crippen MR) is 109 cm³/mol. The molecule has 2 aromatic rings. The van der Waals surface area contributed by atoms with Gasteiger partial charge in [0.05, 0.1) is 6.10 Å². The van der Waals surface area contributed by atoms with E-state index in [1.54, 1.807) is 0 Å². The Labute approximate surface area is 158 Å². The molecule has 140 valence electrons. The molecule has 1 aliphatic rings. The van der Waals surface area contributed by atoms with E-state index >= 15 is 0 Å². The fourth-order valence-electron chi connectivity index (χ4n) is 4.12.